The normalized spacial score (nSPS) is 11.6. The summed E-state index contributed by atoms with van der Waals surface area (Å²) in [5.74, 6) is 1.36. The van der Waals surface area contributed by atoms with E-state index in [9.17, 15) is 20.4 Å². The van der Waals surface area contributed by atoms with Crippen molar-refractivity contribution in [3.63, 3.8) is 0 Å². The van der Waals surface area contributed by atoms with Crippen LogP contribution in [0.25, 0.3) is 65.3 Å². The molecule has 0 aliphatic rings. The molecular weight excluding hydrogens is 717 g/mol. The standard InChI is InChI=1S/C44H30N2O4S3/c47-35-19-17-25-9-1-5-13-31(25)37(35)39-33-15-7-3-11-27(33)21-29(41(39)49)23-51-43-45-46-44(53-43)52-24-30-22-28-12-4-8-16-34(28)40(42(30)50)38-32-14-6-2-10-26(32)18-20-36(38)48/h1-22,47-50H,23-24H2. The number of fused-ring (bicyclic) bond motifs is 4. The van der Waals surface area contributed by atoms with Gasteiger partial charge in [-0.15, -0.1) is 10.2 Å². The monoisotopic (exact) mass is 746 g/mol. The van der Waals surface area contributed by atoms with Crippen LogP contribution in [0.4, 0.5) is 0 Å². The van der Waals surface area contributed by atoms with Crippen LogP contribution in [-0.4, -0.2) is 30.6 Å². The second kappa shape index (κ2) is 13.7. The number of rotatable bonds is 8. The third kappa shape index (κ3) is 5.96. The third-order valence-electron chi connectivity index (χ3n) is 9.61. The molecule has 0 saturated heterocycles. The number of benzene rings is 8. The van der Waals surface area contributed by atoms with Crippen molar-refractivity contribution in [2.45, 2.75) is 20.2 Å². The molecule has 0 fully saturated rings. The summed E-state index contributed by atoms with van der Waals surface area (Å²) in [6.07, 6.45) is 0. The van der Waals surface area contributed by atoms with Crippen molar-refractivity contribution in [3.05, 3.63) is 145 Å². The van der Waals surface area contributed by atoms with E-state index in [0.717, 1.165) is 62.9 Å². The molecule has 0 bridgehead atoms. The van der Waals surface area contributed by atoms with Crippen molar-refractivity contribution >= 4 is 78.0 Å². The van der Waals surface area contributed by atoms with Gasteiger partial charge in [-0.2, -0.15) is 0 Å². The number of phenols is 4. The lowest BCUT2D eigenvalue weighted by atomic mass is 9.90. The van der Waals surface area contributed by atoms with Crippen LogP contribution in [0.2, 0.25) is 0 Å². The highest BCUT2D eigenvalue weighted by atomic mass is 32.2. The molecule has 9 heteroatoms. The summed E-state index contributed by atoms with van der Waals surface area (Å²) < 4.78 is 1.50. The van der Waals surface area contributed by atoms with Gasteiger partial charge in [0.1, 0.15) is 23.0 Å². The lowest BCUT2D eigenvalue weighted by Gasteiger charge is -2.17. The molecule has 258 valence electrons. The van der Waals surface area contributed by atoms with Crippen LogP contribution in [0, 0.1) is 0 Å². The maximum atomic E-state index is 11.8. The average Bonchev–Trinajstić information content (AvgIpc) is 3.65. The zero-order valence-corrected chi connectivity index (χ0v) is 30.5. The zero-order valence-electron chi connectivity index (χ0n) is 28.0. The van der Waals surface area contributed by atoms with Gasteiger partial charge >= 0.3 is 0 Å². The summed E-state index contributed by atoms with van der Waals surface area (Å²) in [6, 6.07) is 42.6. The van der Waals surface area contributed by atoms with Crippen LogP contribution >= 0.6 is 34.9 Å². The highest BCUT2D eigenvalue weighted by Crippen LogP contribution is 2.49. The van der Waals surface area contributed by atoms with E-state index in [0.29, 0.717) is 33.8 Å². The van der Waals surface area contributed by atoms with Gasteiger partial charge in [0, 0.05) is 44.9 Å². The van der Waals surface area contributed by atoms with Gasteiger partial charge in [0.05, 0.1) is 0 Å². The number of thioether (sulfide) groups is 2. The van der Waals surface area contributed by atoms with E-state index in [-0.39, 0.29) is 23.0 Å². The zero-order chi connectivity index (χ0) is 36.1. The van der Waals surface area contributed by atoms with E-state index in [1.807, 2.05) is 121 Å². The fourth-order valence-corrected chi connectivity index (χ4v) is 10.1. The lowest BCUT2D eigenvalue weighted by Crippen LogP contribution is -1.91. The molecule has 4 N–H and O–H groups in total. The Morgan fingerprint density at radius 1 is 0.415 bits per heavy atom. The molecule has 0 aliphatic heterocycles. The van der Waals surface area contributed by atoms with Gasteiger partial charge in [-0.25, -0.2) is 0 Å². The predicted octanol–water partition coefficient (Wildman–Crippen LogP) is 11.9. The summed E-state index contributed by atoms with van der Waals surface area (Å²) in [5.41, 5.74) is 3.88. The first-order chi connectivity index (χ1) is 25.9. The van der Waals surface area contributed by atoms with E-state index in [2.05, 4.69) is 10.2 Å². The maximum Gasteiger partial charge on any atom is 0.175 e. The Morgan fingerprint density at radius 2 is 0.774 bits per heavy atom. The molecule has 0 radical (unpaired) electrons. The number of hydrogen-bond acceptors (Lipinski definition) is 9. The first-order valence-electron chi connectivity index (χ1n) is 16.9. The van der Waals surface area contributed by atoms with Gasteiger partial charge in [0.25, 0.3) is 0 Å². The van der Waals surface area contributed by atoms with E-state index < -0.39 is 0 Å². The molecule has 1 aromatic heterocycles. The molecule has 0 amide bonds. The van der Waals surface area contributed by atoms with Crippen molar-refractivity contribution in [2.24, 2.45) is 0 Å². The highest BCUT2D eigenvalue weighted by Gasteiger charge is 2.22. The van der Waals surface area contributed by atoms with Gasteiger partial charge in [0.2, 0.25) is 0 Å². The lowest BCUT2D eigenvalue weighted by molar-refractivity contribution is 0.467. The summed E-state index contributed by atoms with van der Waals surface area (Å²) in [6.45, 7) is 0. The van der Waals surface area contributed by atoms with E-state index in [1.165, 1.54) is 34.9 Å². The van der Waals surface area contributed by atoms with Gasteiger partial charge in [-0.1, -0.05) is 144 Å². The van der Waals surface area contributed by atoms with Crippen LogP contribution in [0.1, 0.15) is 11.1 Å². The van der Waals surface area contributed by atoms with Crippen LogP contribution in [-0.2, 0) is 11.5 Å². The van der Waals surface area contributed by atoms with Gasteiger partial charge in [0.15, 0.2) is 8.68 Å². The molecule has 1 heterocycles. The average molecular weight is 747 g/mol. The second-order valence-corrected chi connectivity index (χ2v) is 16.2. The molecule has 6 nitrogen and oxygen atoms in total. The highest BCUT2D eigenvalue weighted by molar-refractivity contribution is 8.02. The van der Waals surface area contributed by atoms with Crippen molar-refractivity contribution in [3.8, 4) is 45.3 Å². The largest absolute Gasteiger partial charge is 0.507 e. The Bertz CT molecular complexity index is 2680. The molecule has 0 spiro atoms. The first-order valence-corrected chi connectivity index (χ1v) is 19.7. The van der Waals surface area contributed by atoms with E-state index in [1.54, 1.807) is 12.1 Å². The number of aromatic hydroxyl groups is 4. The molecule has 0 unspecified atom stereocenters. The van der Waals surface area contributed by atoms with E-state index in [4.69, 9.17) is 0 Å². The Kier molecular flexibility index (Phi) is 8.54. The van der Waals surface area contributed by atoms with Gasteiger partial charge in [-0.05, 0) is 67.4 Å². The SMILES string of the molecule is Oc1ccc2ccccc2c1-c1c(O)c(CSc2nnc(SCc3cc4ccccc4c(-c4c(O)ccc5ccccc45)c3O)s2)cc2ccccc12. The van der Waals surface area contributed by atoms with Crippen molar-refractivity contribution in [1.29, 1.82) is 0 Å². The number of nitrogens with zero attached hydrogens (tertiary/aromatic N) is 2. The molecule has 0 atom stereocenters. The minimum absolute atomic E-state index is 0.109. The number of aromatic nitrogens is 2. The third-order valence-corrected chi connectivity index (χ3v) is 12.9. The van der Waals surface area contributed by atoms with Crippen molar-refractivity contribution < 1.29 is 20.4 Å². The molecule has 9 rings (SSSR count). The Hall–Kier alpha value is -5.74. The van der Waals surface area contributed by atoms with Crippen LogP contribution in [0.5, 0.6) is 23.0 Å². The molecule has 53 heavy (non-hydrogen) atoms. The minimum atomic E-state index is 0.109. The maximum absolute atomic E-state index is 11.8. The number of hydrogen-bond donors (Lipinski definition) is 4. The summed E-state index contributed by atoms with van der Waals surface area (Å²) in [4.78, 5) is 0. The minimum Gasteiger partial charge on any atom is -0.507 e. The molecule has 9 aromatic rings. The first kappa shape index (κ1) is 33.1. The van der Waals surface area contributed by atoms with Crippen LogP contribution in [0.3, 0.4) is 0 Å². The Morgan fingerprint density at radius 3 is 1.19 bits per heavy atom. The van der Waals surface area contributed by atoms with Crippen LogP contribution in [0.15, 0.2) is 142 Å². The number of phenolic OH excluding ortho intramolecular Hbond substituents is 4. The van der Waals surface area contributed by atoms with Crippen molar-refractivity contribution in [2.75, 3.05) is 0 Å². The van der Waals surface area contributed by atoms with E-state index >= 15 is 0 Å². The fourth-order valence-electron chi connectivity index (χ4n) is 7.15. The molecule has 0 aliphatic carbocycles. The Balaban J connectivity index is 1.01. The predicted molar refractivity (Wildman–Crippen MR) is 219 cm³/mol. The summed E-state index contributed by atoms with van der Waals surface area (Å²) in [5, 5.41) is 62.0. The van der Waals surface area contributed by atoms with Crippen LogP contribution < -0.4 is 0 Å². The molecule has 8 aromatic carbocycles. The smallest absolute Gasteiger partial charge is 0.175 e. The topological polar surface area (TPSA) is 107 Å². The molecule has 0 saturated carbocycles. The summed E-state index contributed by atoms with van der Waals surface area (Å²) in [7, 11) is 0. The van der Waals surface area contributed by atoms with Gasteiger partial charge < -0.3 is 20.4 Å². The summed E-state index contributed by atoms with van der Waals surface area (Å²) >= 11 is 4.44. The fraction of sp³-hybridized carbons (Fsp3) is 0.0455. The second-order valence-electron chi connectivity index (χ2n) is 12.7. The van der Waals surface area contributed by atoms with Crippen molar-refractivity contribution in [1.82, 2.24) is 10.2 Å². The Labute approximate surface area is 317 Å². The quantitative estimate of drug-likeness (QED) is 0.114. The van der Waals surface area contributed by atoms with Gasteiger partial charge in [-0.3, -0.25) is 0 Å². The molecular formula is C44H30N2O4S3.